The fraction of sp³-hybridized carbons (Fsp3) is 0.571. The summed E-state index contributed by atoms with van der Waals surface area (Å²) in [5.74, 6) is 5.13. The van der Waals surface area contributed by atoms with E-state index in [4.69, 9.17) is 23.7 Å². The van der Waals surface area contributed by atoms with E-state index in [1.54, 1.807) is 0 Å². The number of ether oxygens (including phenoxy) is 5. The average Bonchev–Trinajstić information content (AvgIpc) is 3.52. The summed E-state index contributed by atoms with van der Waals surface area (Å²) in [5.41, 5.74) is 11.0. The van der Waals surface area contributed by atoms with Gasteiger partial charge in [0.15, 0.2) is 11.5 Å². The third-order valence-electron chi connectivity index (χ3n) is 10.9. The molecule has 0 unspecified atom stereocenters. The lowest BCUT2D eigenvalue weighted by Gasteiger charge is -2.21. The molecule has 0 aliphatic carbocycles. The van der Waals surface area contributed by atoms with E-state index >= 15 is 0 Å². The Balaban J connectivity index is 0.000000154. The van der Waals surface area contributed by atoms with E-state index in [-0.39, 0.29) is 0 Å². The highest BCUT2D eigenvalue weighted by Crippen LogP contribution is 2.34. The molecule has 4 aliphatic heterocycles. The Kier molecular flexibility index (Phi) is 16.7. The Bertz CT molecular complexity index is 1980. The molecule has 0 saturated heterocycles. The van der Waals surface area contributed by atoms with Gasteiger partial charge in [-0.05, 0) is 149 Å². The quantitative estimate of drug-likeness (QED) is 0.200. The summed E-state index contributed by atoms with van der Waals surface area (Å²) in [7, 11) is 0. The zero-order valence-corrected chi connectivity index (χ0v) is 40.3. The van der Waals surface area contributed by atoms with E-state index < -0.39 is 0 Å². The average molecular weight is 833 g/mol. The van der Waals surface area contributed by atoms with Crippen LogP contribution in [0.4, 0.5) is 0 Å². The minimum atomic E-state index is 0.305. The molecule has 0 spiro atoms. The first-order valence-electron chi connectivity index (χ1n) is 23.3. The molecule has 334 valence electrons. The molecule has 4 aromatic rings. The highest BCUT2D eigenvalue weighted by molar-refractivity contribution is 5.44. The van der Waals surface area contributed by atoms with Gasteiger partial charge in [-0.15, -0.1) is 0 Å². The SMILES string of the molecule is CC(C)(C)CCc1ccc2c(c1)OCCC2.CC(C)(C)Cc1ccc2c(c1)OCC2.CC(C)(C)Cc1ccc2c(c1)OCCC2.CC(C)(C)Cc1ccc2c(c1)OCCCO2. The molecule has 0 saturated carbocycles. The van der Waals surface area contributed by atoms with Crippen LogP contribution in [0.1, 0.15) is 148 Å². The third kappa shape index (κ3) is 17.3. The number of hydrogen-bond donors (Lipinski definition) is 0. The smallest absolute Gasteiger partial charge is 0.161 e. The van der Waals surface area contributed by atoms with Gasteiger partial charge >= 0.3 is 0 Å². The maximum absolute atomic E-state index is 5.70. The maximum Gasteiger partial charge on any atom is 0.161 e. The van der Waals surface area contributed by atoms with E-state index in [0.29, 0.717) is 21.7 Å². The summed E-state index contributed by atoms with van der Waals surface area (Å²) in [5, 5.41) is 0. The molecule has 4 heterocycles. The molecule has 5 nitrogen and oxygen atoms in total. The predicted octanol–water partition coefficient (Wildman–Crippen LogP) is 14.2. The highest BCUT2D eigenvalue weighted by Gasteiger charge is 2.19. The van der Waals surface area contributed by atoms with Crippen LogP contribution in [0.25, 0.3) is 0 Å². The second-order valence-electron chi connectivity index (χ2n) is 22.4. The molecule has 0 atom stereocenters. The molecule has 4 aromatic carbocycles. The number of aryl methyl sites for hydroxylation is 3. The summed E-state index contributed by atoms with van der Waals surface area (Å²) in [6, 6.07) is 26.4. The van der Waals surface area contributed by atoms with Gasteiger partial charge in [-0.25, -0.2) is 0 Å². The maximum atomic E-state index is 5.70. The van der Waals surface area contributed by atoms with Crippen molar-refractivity contribution in [1.82, 2.24) is 0 Å². The standard InChI is InChI=1S/C15H22O.C14H20O2.C14H20O.C13H18O/c1-15(2,3)9-8-12-6-7-13-5-4-10-16-14(13)11-12;1-14(2,3)10-11-5-6-12-13(9-11)16-8-4-7-15-12;1-14(2,3)10-11-6-7-12-5-4-8-15-13(12)9-11;1-13(2,3)9-10-4-5-11-6-7-14-12(11)8-10/h6-7,11H,4-5,8-10H2,1-3H3;5-6,9H,4,7-8,10H2,1-3H3;6-7,9H,4-5,8,10H2,1-3H3;4-5,8H,6-7,9H2,1-3H3. The third-order valence-corrected chi connectivity index (χ3v) is 10.9. The lowest BCUT2D eigenvalue weighted by Crippen LogP contribution is -2.11. The zero-order valence-electron chi connectivity index (χ0n) is 40.3. The Labute approximate surface area is 371 Å². The van der Waals surface area contributed by atoms with Crippen molar-refractivity contribution in [1.29, 1.82) is 0 Å². The Hall–Kier alpha value is -4.12. The fourth-order valence-electron chi connectivity index (χ4n) is 8.03. The van der Waals surface area contributed by atoms with Gasteiger partial charge < -0.3 is 23.7 Å². The molecular weight excluding hydrogens is 753 g/mol. The molecule has 61 heavy (non-hydrogen) atoms. The minimum Gasteiger partial charge on any atom is -0.493 e. The van der Waals surface area contributed by atoms with E-state index in [2.05, 4.69) is 150 Å². The van der Waals surface area contributed by atoms with Crippen molar-refractivity contribution in [2.75, 3.05) is 33.0 Å². The minimum absolute atomic E-state index is 0.305. The number of benzene rings is 4. The van der Waals surface area contributed by atoms with Gasteiger partial charge in [0.1, 0.15) is 17.2 Å². The van der Waals surface area contributed by atoms with Crippen LogP contribution in [0.3, 0.4) is 0 Å². The Morgan fingerprint density at radius 1 is 0.344 bits per heavy atom. The molecule has 0 N–H and O–H groups in total. The predicted molar refractivity (Wildman–Crippen MR) is 255 cm³/mol. The molecule has 5 heteroatoms. The van der Waals surface area contributed by atoms with Crippen LogP contribution in [0.5, 0.6) is 28.7 Å². The summed E-state index contributed by atoms with van der Waals surface area (Å²) >= 11 is 0. The van der Waals surface area contributed by atoms with Crippen molar-refractivity contribution in [3.05, 3.63) is 112 Å². The van der Waals surface area contributed by atoms with Crippen LogP contribution in [-0.4, -0.2) is 33.0 Å². The van der Waals surface area contributed by atoms with Crippen molar-refractivity contribution < 1.29 is 23.7 Å². The number of fused-ring (bicyclic) bond motifs is 4. The first-order valence-corrected chi connectivity index (χ1v) is 23.3. The van der Waals surface area contributed by atoms with Crippen LogP contribution in [0.15, 0.2) is 72.8 Å². The van der Waals surface area contributed by atoms with E-state index in [0.717, 1.165) is 113 Å². The van der Waals surface area contributed by atoms with Crippen molar-refractivity contribution in [2.45, 2.75) is 154 Å². The van der Waals surface area contributed by atoms with E-state index in [1.165, 1.54) is 58.2 Å². The molecule has 0 bridgehead atoms. The van der Waals surface area contributed by atoms with Gasteiger partial charge in [0.2, 0.25) is 0 Å². The van der Waals surface area contributed by atoms with Crippen LogP contribution in [-0.2, 0) is 44.9 Å². The topological polar surface area (TPSA) is 46.2 Å². The van der Waals surface area contributed by atoms with Gasteiger partial charge in [0.25, 0.3) is 0 Å². The molecule has 0 amide bonds. The van der Waals surface area contributed by atoms with Crippen molar-refractivity contribution >= 4 is 0 Å². The molecule has 4 aliphatic rings. The highest BCUT2D eigenvalue weighted by atomic mass is 16.5. The number of rotatable bonds is 5. The van der Waals surface area contributed by atoms with Gasteiger partial charge in [-0.2, -0.15) is 0 Å². The van der Waals surface area contributed by atoms with Crippen LogP contribution < -0.4 is 23.7 Å². The summed E-state index contributed by atoms with van der Waals surface area (Å²) in [4.78, 5) is 0. The lowest BCUT2D eigenvalue weighted by molar-refractivity contribution is 0.287. The molecular formula is C56H80O5. The van der Waals surface area contributed by atoms with Gasteiger partial charge in [0.05, 0.1) is 33.0 Å². The second-order valence-corrected chi connectivity index (χ2v) is 22.4. The van der Waals surface area contributed by atoms with Gasteiger partial charge in [-0.1, -0.05) is 126 Å². The van der Waals surface area contributed by atoms with Crippen LogP contribution in [0, 0.1) is 21.7 Å². The summed E-state index contributed by atoms with van der Waals surface area (Å²) < 4.78 is 28.2. The normalized spacial score (nSPS) is 15.5. The largest absolute Gasteiger partial charge is 0.493 e. The van der Waals surface area contributed by atoms with Crippen LogP contribution >= 0.6 is 0 Å². The summed E-state index contributed by atoms with van der Waals surface area (Å²) in [6.07, 6.45) is 12.4. The first kappa shape index (κ1) is 47.9. The van der Waals surface area contributed by atoms with E-state index in [9.17, 15) is 0 Å². The Morgan fingerprint density at radius 3 is 1.18 bits per heavy atom. The van der Waals surface area contributed by atoms with Crippen molar-refractivity contribution in [2.24, 2.45) is 21.7 Å². The summed E-state index contributed by atoms with van der Waals surface area (Å²) in [6.45, 7) is 31.4. The lowest BCUT2D eigenvalue weighted by atomic mass is 9.87. The molecule has 0 radical (unpaired) electrons. The second kappa shape index (κ2) is 21.3. The fourth-order valence-corrected chi connectivity index (χ4v) is 8.03. The number of hydrogen-bond acceptors (Lipinski definition) is 5. The van der Waals surface area contributed by atoms with Crippen LogP contribution in [0.2, 0.25) is 0 Å². The monoisotopic (exact) mass is 833 g/mol. The van der Waals surface area contributed by atoms with E-state index in [1.807, 2.05) is 6.07 Å². The Morgan fingerprint density at radius 2 is 0.705 bits per heavy atom. The van der Waals surface area contributed by atoms with Gasteiger partial charge in [-0.3, -0.25) is 0 Å². The molecule has 8 rings (SSSR count). The van der Waals surface area contributed by atoms with Crippen molar-refractivity contribution in [3.63, 3.8) is 0 Å². The zero-order chi connectivity index (χ0) is 44.3. The van der Waals surface area contributed by atoms with Crippen molar-refractivity contribution in [3.8, 4) is 28.7 Å². The molecule has 0 fully saturated rings. The first-order chi connectivity index (χ1) is 28.7. The van der Waals surface area contributed by atoms with Gasteiger partial charge in [0, 0.05) is 12.8 Å². The molecule has 0 aromatic heterocycles.